The molecule has 6 rings (SSSR count). The minimum Gasteiger partial charge on any atom is -0.493 e. The van der Waals surface area contributed by atoms with Crippen LogP contribution in [0.2, 0.25) is 5.02 Å². The summed E-state index contributed by atoms with van der Waals surface area (Å²) < 4.78 is 17.8. The van der Waals surface area contributed by atoms with Gasteiger partial charge in [-0.25, -0.2) is 9.79 Å². The molecule has 3 aromatic carbocycles. The van der Waals surface area contributed by atoms with Crippen LogP contribution < -0.4 is 29.3 Å². The molecule has 2 aliphatic heterocycles. The number of benzene rings is 3. The molecule has 1 atom stereocenters. The summed E-state index contributed by atoms with van der Waals surface area (Å²) in [6.45, 7) is 4.95. The first-order chi connectivity index (χ1) is 22.1. The number of methoxy groups -OCH3 is 1. The van der Waals surface area contributed by atoms with Crippen LogP contribution in [0.1, 0.15) is 43.5 Å². The van der Waals surface area contributed by atoms with Crippen LogP contribution >= 0.6 is 22.9 Å². The van der Waals surface area contributed by atoms with E-state index in [0.717, 1.165) is 16.9 Å². The number of aromatic nitrogens is 1. The Morgan fingerprint density at radius 1 is 1.02 bits per heavy atom. The fourth-order valence-electron chi connectivity index (χ4n) is 5.70. The number of carbonyl (C=O) groups excluding carboxylic acids is 3. The van der Waals surface area contributed by atoms with Gasteiger partial charge >= 0.3 is 11.9 Å². The maximum atomic E-state index is 14.5. The van der Waals surface area contributed by atoms with Crippen molar-refractivity contribution in [2.75, 3.05) is 18.6 Å². The van der Waals surface area contributed by atoms with E-state index in [1.165, 1.54) is 24.7 Å². The standard InChI is InChI=1S/C34H28ClN3O7S/c1-5-44-33(42)27-18(2)36-34-38(29(27)20-14-15-25(45-19(3)39)26(16-20)43-4)32(41)30(46-34)28-22-11-7-9-13-24(22)37(31(28)40)17-21-10-6-8-12-23(21)35/h6-16,29H,5,17H2,1-4H3/b30-28-/t29-/m1/s1. The third-order valence-corrected chi connectivity index (χ3v) is 9.11. The average molecular weight is 658 g/mol. The van der Waals surface area contributed by atoms with E-state index in [9.17, 15) is 19.2 Å². The Morgan fingerprint density at radius 3 is 2.48 bits per heavy atom. The molecule has 0 saturated heterocycles. The summed E-state index contributed by atoms with van der Waals surface area (Å²) in [5.41, 5.74) is 2.77. The zero-order valence-electron chi connectivity index (χ0n) is 25.3. The fourth-order valence-corrected chi connectivity index (χ4v) is 7.04. The lowest BCUT2D eigenvalue weighted by molar-refractivity contribution is -0.139. The van der Waals surface area contributed by atoms with Crippen LogP contribution in [0.5, 0.6) is 11.5 Å². The first-order valence-corrected chi connectivity index (χ1v) is 15.6. The number of fused-ring (bicyclic) bond motifs is 2. The molecule has 0 aliphatic carbocycles. The van der Waals surface area contributed by atoms with Gasteiger partial charge in [0.25, 0.3) is 11.5 Å². The summed E-state index contributed by atoms with van der Waals surface area (Å²) in [5.74, 6) is -1.11. The van der Waals surface area contributed by atoms with Crippen molar-refractivity contribution in [3.8, 4) is 11.5 Å². The Bertz CT molecular complexity index is 2150. The second kappa shape index (κ2) is 12.4. The maximum absolute atomic E-state index is 14.5. The Morgan fingerprint density at radius 2 is 1.76 bits per heavy atom. The number of carbonyl (C=O) groups is 3. The average Bonchev–Trinajstić information content (AvgIpc) is 3.49. The summed E-state index contributed by atoms with van der Waals surface area (Å²) in [6, 6.07) is 18.4. The Labute approximate surface area is 272 Å². The number of hydrogen-bond acceptors (Lipinski definition) is 9. The topological polar surface area (TPSA) is 117 Å². The van der Waals surface area contributed by atoms with Crippen LogP contribution in [0.25, 0.3) is 5.57 Å². The van der Waals surface area contributed by atoms with Crippen LogP contribution in [0, 0.1) is 0 Å². The second-order valence-electron chi connectivity index (χ2n) is 10.5. The van der Waals surface area contributed by atoms with Crippen molar-refractivity contribution in [2.45, 2.75) is 33.4 Å². The van der Waals surface area contributed by atoms with Crippen molar-refractivity contribution in [3.63, 3.8) is 0 Å². The van der Waals surface area contributed by atoms with Gasteiger partial charge in [0.1, 0.15) is 4.53 Å². The number of halogens is 1. The van der Waals surface area contributed by atoms with E-state index in [0.29, 0.717) is 32.3 Å². The summed E-state index contributed by atoms with van der Waals surface area (Å²) in [6.07, 6.45) is 0. The predicted molar refractivity (Wildman–Crippen MR) is 173 cm³/mol. The molecule has 234 valence electrons. The van der Waals surface area contributed by atoms with Crippen LogP contribution in [0.15, 0.2) is 87.8 Å². The first kappa shape index (κ1) is 31.0. The number of rotatable bonds is 7. The quantitative estimate of drug-likeness (QED) is 0.215. The Hall–Kier alpha value is -5.00. The number of hydrogen-bond donors (Lipinski definition) is 0. The van der Waals surface area contributed by atoms with E-state index >= 15 is 0 Å². The predicted octanol–water partition coefficient (Wildman–Crippen LogP) is 4.30. The van der Waals surface area contributed by atoms with Gasteiger partial charge in [0, 0.05) is 17.5 Å². The van der Waals surface area contributed by atoms with Crippen molar-refractivity contribution in [1.82, 2.24) is 4.57 Å². The van der Waals surface area contributed by atoms with Gasteiger partial charge in [0.2, 0.25) is 0 Å². The third kappa shape index (κ3) is 5.31. The van der Waals surface area contributed by atoms with Gasteiger partial charge in [-0.15, -0.1) is 0 Å². The summed E-state index contributed by atoms with van der Waals surface area (Å²) in [7, 11) is 1.42. The van der Waals surface area contributed by atoms with Gasteiger partial charge in [-0.3, -0.25) is 19.0 Å². The Balaban J connectivity index is 1.57. The SMILES string of the molecule is CCOC(=O)C1=C(C)N=c2s/c(=C3\C(=O)N(Cc4ccccc4Cl)c4ccccc43)c(=O)n2[C@@H]1c1ccc(OC(C)=O)c(OC)c1. The number of allylic oxidation sites excluding steroid dienone is 1. The lowest BCUT2D eigenvalue weighted by atomic mass is 9.95. The zero-order chi connectivity index (χ0) is 32.7. The third-order valence-electron chi connectivity index (χ3n) is 7.69. The van der Waals surface area contributed by atoms with Gasteiger partial charge in [-0.1, -0.05) is 65.4 Å². The van der Waals surface area contributed by atoms with Gasteiger partial charge in [-0.05, 0) is 49.2 Å². The molecule has 1 aromatic heterocycles. The molecule has 0 fully saturated rings. The van der Waals surface area contributed by atoms with E-state index in [-0.39, 0.29) is 46.2 Å². The summed E-state index contributed by atoms with van der Waals surface area (Å²) in [5, 5.41) is 0.526. The van der Waals surface area contributed by atoms with Crippen LogP contribution in [0.4, 0.5) is 5.69 Å². The molecule has 1 amide bonds. The molecule has 3 heterocycles. The van der Waals surface area contributed by atoms with Crippen LogP contribution in [-0.4, -0.2) is 36.1 Å². The molecule has 4 aromatic rings. The number of nitrogens with zero attached hydrogens (tertiary/aromatic N) is 3. The molecular formula is C34H28ClN3O7S. The highest BCUT2D eigenvalue weighted by Crippen LogP contribution is 2.38. The smallest absolute Gasteiger partial charge is 0.338 e. The van der Waals surface area contributed by atoms with Gasteiger partial charge in [-0.2, -0.15) is 0 Å². The van der Waals surface area contributed by atoms with Crippen molar-refractivity contribution in [2.24, 2.45) is 4.99 Å². The zero-order valence-corrected chi connectivity index (χ0v) is 26.9. The summed E-state index contributed by atoms with van der Waals surface area (Å²) >= 11 is 7.52. The van der Waals surface area contributed by atoms with Gasteiger partial charge in [0.05, 0.1) is 48.8 Å². The van der Waals surface area contributed by atoms with E-state index in [2.05, 4.69) is 4.99 Å². The molecule has 12 heteroatoms. The van der Waals surface area contributed by atoms with Gasteiger partial charge in [0.15, 0.2) is 16.3 Å². The molecule has 46 heavy (non-hydrogen) atoms. The molecule has 10 nitrogen and oxygen atoms in total. The van der Waals surface area contributed by atoms with Crippen molar-refractivity contribution < 1.29 is 28.6 Å². The lowest BCUT2D eigenvalue weighted by Gasteiger charge is -2.25. The minimum atomic E-state index is -0.976. The van der Waals surface area contributed by atoms with Crippen molar-refractivity contribution >= 4 is 52.0 Å². The number of anilines is 1. The number of thiazole rings is 1. The van der Waals surface area contributed by atoms with E-state index < -0.39 is 23.5 Å². The monoisotopic (exact) mass is 657 g/mol. The normalized spacial score (nSPS) is 16.5. The highest BCUT2D eigenvalue weighted by Gasteiger charge is 2.38. The lowest BCUT2D eigenvalue weighted by Crippen LogP contribution is -2.41. The minimum absolute atomic E-state index is 0.109. The van der Waals surface area contributed by atoms with Crippen LogP contribution in [0.3, 0.4) is 0 Å². The molecule has 0 bridgehead atoms. The second-order valence-corrected chi connectivity index (χ2v) is 11.9. The highest BCUT2D eigenvalue weighted by molar-refractivity contribution is 7.07. The molecule has 0 N–H and O–H groups in total. The van der Waals surface area contributed by atoms with Crippen LogP contribution in [-0.2, 0) is 25.7 Å². The molecule has 0 saturated carbocycles. The number of esters is 2. The van der Waals surface area contributed by atoms with E-state index in [1.54, 1.807) is 43.0 Å². The molecule has 0 spiro atoms. The fraction of sp³-hybridized carbons (Fsp3) is 0.206. The maximum Gasteiger partial charge on any atom is 0.338 e. The number of ether oxygens (including phenoxy) is 3. The number of para-hydroxylation sites is 1. The van der Waals surface area contributed by atoms with E-state index in [1.807, 2.05) is 36.4 Å². The van der Waals surface area contributed by atoms with Crippen molar-refractivity contribution in [1.29, 1.82) is 0 Å². The molecule has 0 radical (unpaired) electrons. The first-order valence-electron chi connectivity index (χ1n) is 14.4. The number of amides is 1. The molecular weight excluding hydrogens is 630 g/mol. The highest BCUT2D eigenvalue weighted by atomic mass is 35.5. The molecule has 2 aliphatic rings. The van der Waals surface area contributed by atoms with E-state index in [4.69, 9.17) is 25.8 Å². The van der Waals surface area contributed by atoms with Gasteiger partial charge < -0.3 is 19.1 Å². The molecule has 0 unspecified atom stereocenters. The largest absolute Gasteiger partial charge is 0.493 e. The van der Waals surface area contributed by atoms with Crippen molar-refractivity contribution in [3.05, 3.63) is 119 Å². The summed E-state index contributed by atoms with van der Waals surface area (Å²) in [4.78, 5) is 60.2. The Kier molecular flexibility index (Phi) is 8.37.